The van der Waals surface area contributed by atoms with Crippen molar-refractivity contribution in [3.05, 3.63) is 0 Å². The number of hydrogen-bond donors (Lipinski definition) is 1. The third kappa shape index (κ3) is 12.7. The second-order valence-electron chi connectivity index (χ2n) is 2.59. The van der Waals surface area contributed by atoms with E-state index in [0.717, 1.165) is 25.7 Å². The van der Waals surface area contributed by atoms with Crippen molar-refractivity contribution in [3.63, 3.8) is 0 Å². The Labute approximate surface area is 106 Å². The predicted molar refractivity (Wildman–Crippen MR) is 40.9 cm³/mol. The summed E-state index contributed by atoms with van der Waals surface area (Å²) in [5.41, 5.74) is 0. The van der Waals surface area contributed by atoms with Gasteiger partial charge in [-0.2, -0.15) is 0 Å². The van der Waals surface area contributed by atoms with Crippen molar-refractivity contribution in [1.82, 2.24) is 0 Å². The second kappa shape index (κ2) is 15.2. The quantitative estimate of drug-likeness (QED) is 0.529. The molecule has 0 fully saturated rings. The average molecular weight is 322 g/mol. The summed E-state index contributed by atoms with van der Waals surface area (Å²) in [4.78, 5) is 10.4. The Morgan fingerprint density at radius 3 is 2.00 bits per heavy atom. The first-order valence-corrected chi connectivity index (χ1v) is 3.95. The summed E-state index contributed by atoms with van der Waals surface area (Å²) in [5.74, 6) is -0.754. The van der Waals surface area contributed by atoms with Crippen LogP contribution in [0.15, 0.2) is 0 Å². The van der Waals surface area contributed by atoms with Gasteiger partial charge in [-0.3, -0.25) is 4.79 Å². The van der Waals surface area contributed by atoms with Crippen LogP contribution in [0.1, 0.15) is 39.5 Å². The fraction of sp³-hybridized carbons (Fsp3) is 0.875. The molecule has 1 unspecified atom stereocenters. The van der Waals surface area contributed by atoms with Gasteiger partial charge in [0.15, 0.2) is 0 Å². The largest absolute Gasteiger partial charge is 2.00 e. The number of carbonyl (C=O) groups is 1. The molecule has 0 saturated heterocycles. The van der Waals surface area contributed by atoms with Crippen LogP contribution in [0.4, 0.5) is 0 Å². The van der Waals surface area contributed by atoms with Crippen LogP contribution in [0.25, 0.3) is 0 Å². The number of carboxylic acid groups (broad SMARTS) is 1. The first-order valence-electron chi connectivity index (χ1n) is 3.95. The van der Waals surface area contributed by atoms with Crippen molar-refractivity contribution in [1.29, 1.82) is 0 Å². The van der Waals surface area contributed by atoms with Crippen LogP contribution in [0.5, 0.6) is 0 Å². The van der Waals surface area contributed by atoms with Gasteiger partial charge in [0.05, 0.1) is 5.92 Å². The van der Waals surface area contributed by atoms with Gasteiger partial charge in [0.25, 0.3) is 0 Å². The Bertz CT molecular complexity index is 112. The van der Waals surface area contributed by atoms with Crippen molar-refractivity contribution in [2.24, 2.45) is 5.92 Å². The van der Waals surface area contributed by atoms with Crippen molar-refractivity contribution in [3.8, 4) is 0 Å². The van der Waals surface area contributed by atoms with E-state index in [2.05, 4.69) is 6.92 Å². The molecular formula is C8H16Cl2O2Pd. The fourth-order valence-corrected chi connectivity index (χ4v) is 0.953. The molecule has 0 aliphatic heterocycles. The Morgan fingerprint density at radius 1 is 1.31 bits per heavy atom. The van der Waals surface area contributed by atoms with E-state index in [9.17, 15) is 4.79 Å². The van der Waals surface area contributed by atoms with Gasteiger partial charge < -0.3 is 29.9 Å². The molecule has 0 radical (unpaired) electrons. The van der Waals surface area contributed by atoms with E-state index in [-0.39, 0.29) is 51.2 Å². The molecule has 0 heterocycles. The zero-order chi connectivity index (χ0) is 7.98. The predicted octanol–water partition coefficient (Wildman–Crippen LogP) is -3.71. The average Bonchev–Trinajstić information content (AvgIpc) is 1.89. The van der Waals surface area contributed by atoms with Crippen LogP contribution < -0.4 is 24.8 Å². The van der Waals surface area contributed by atoms with Gasteiger partial charge in [-0.1, -0.05) is 26.7 Å². The number of unbranched alkanes of at least 4 members (excludes halogenated alkanes) is 1. The number of carboxylic acids is 1. The summed E-state index contributed by atoms with van der Waals surface area (Å²) < 4.78 is 0. The summed E-state index contributed by atoms with van der Waals surface area (Å²) in [7, 11) is 0. The molecule has 0 rings (SSSR count). The van der Waals surface area contributed by atoms with E-state index in [1.807, 2.05) is 6.92 Å². The van der Waals surface area contributed by atoms with Gasteiger partial charge in [-0.15, -0.1) is 0 Å². The molecule has 84 valence electrons. The van der Waals surface area contributed by atoms with Gasteiger partial charge in [0.2, 0.25) is 0 Å². The molecule has 0 aliphatic carbocycles. The van der Waals surface area contributed by atoms with Gasteiger partial charge in [0, 0.05) is 0 Å². The van der Waals surface area contributed by atoms with E-state index >= 15 is 0 Å². The molecule has 5 heteroatoms. The third-order valence-electron chi connectivity index (χ3n) is 1.75. The van der Waals surface area contributed by atoms with Gasteiger partial charge >= 0.3 is 26.4 Å². The maximum absolute atomic E-state index is 10.4. The summed E-state index contributed by atoms with van der Waals surface area (Å²) in [5, 5.41) is 8.60. The molecule has 0 bridgehead atoms. The van der Waals surface area contributed by atoms with E-state index in [1.54, 1.807) is 0 Å². The maximum Gasteiger partial charge on any atom is 2.00 e. The van der Waals surface area contributed by atoms with Gasteiger partial charge in [0.1, 0.15) is 0 Å². The fourth-order valence-electron chi connectivity index (χ4n) is 0.953. The van der Waals surface area contributed by atoms with Crippen LogP contribution in [-0.2, 0) is 25.2 Å². The second-order valence-corrected chi connectivity index (χ2v) is 2.59. The van der Waals surface area contributed by atoms with Crippen molar-refractivity contribution < 1.29 is 55.1 Å². The number of aliphatic carboxylic acids is 1. The molecule has 1 atom stereocenters. The maximum atomic E-state index is 10.4. The molecular weight excluding hydrogens is 305 g/mol. The monoisotopic (exact) mass is 320 g/mol. The molecule has 0 saturated carbocycles. The van der Waals surface area contributed by atoms with Crippen LogP contribution in [0.2, 0.25) is 0 Å². The number of hydrogen-bond acceptors (Lipinski definition) is 1. The Balaban J connectivity index is -0.000000135. The molecule has 0 amide bonds. The first kappa shape index (κ1) is 23.5. The van der Waals surface area contributed by atoms with Crippen molar-refractivity contribution in [2.45, 2.75) is 39.5 Å². The minimum atomic E-state index is -0.643. The SMILES string of the molecule is CCCCC(CC)C(=O)O.[Cl-].[Cl-].[Pd+2]. The molecule has 0 aromatic rings. The van der Waals surface area contributed by atoms with Crippen molar-refractivity contribution >= 4 is 5.97 Å². The molecule has 0 spiro atoms. The summed E-state index contributed by atoms with van der Waals surface area (Å²) in [6.45, 7) is 4.00. The number of rotatable bonds is 5. The standard InChI is InChI=1S/C8H16O2.2ClH.Pd/c1-3-5-6-7(4-2)8(9)10;;;/h7H,3-6H2,1-2H3,(H,9,10);2*1H;/q;;;+2/p-2. The third-order valence-corrected chi connectivity index (χ3v) is 1.75. The zero-order valence-electron chi connectivity index (χ0n) is 7.83. The number of halogens is 2. The minimum absolute atomic E-state index is 0. The van der Waals surface area contributed by atoms with Crippen LogP contribution >= 0.6 is 0 Å². The summed E-state index contributed by atoms with van der Waals surface area (Å²) in [6, 6.07) is 0. The summed E-state index contributed by atoms with van der Waals surface area (Å²) in [6.07, 6.45) is 3.71. The van der Waals surface area contributed by atoms with E-state index in [4.69, 9.17) is 5.11 Å². The summed E-state index contributed by atoms with van der Waals surface area (Å²) >= 11 is 0. The Kier molecular flexibility index (Phi) is 27.5. The smallest absolute Gasteiger partial charge is 1.00 e. The Morgan fingerprint density at radius 2 is 1.77 bits per heavy atom. The normalized spacial score (nSPS) is 10.0. The molecule has 13 heavy (non-hydrogen) atoms. The van der Waals surface area contributed by atoms with Crippen LogP contribution in [0.3, 0.4) is 0 Å². The van der Waals surface area contributed by atoms with Crippen LogP contribution in [0, 0.1) is 5.92 Å². The minimum Gasteiger partial charge on any atom is -1.00 e. The zero-order valence-corrected chi connectivity index (χ0v) is 10.9. The molecule has 2 nitrogen and oxygen atoms in total. The molecule has 1 N–H and O–H groups in total. The van der Waals surface area contributed by atoms with E-state index in [1.165, 1.54) is 0 Å². The van der Waals surface area contributed by atoms with Gasteiger partial charge in [-0.25, -0.2) is 0 Å². The molecule has 0 aromatic heterocycles. The first-order chi connectivity index (χ1) is 4.72. The van der Waals surface area contributed by atoms with Crippen molar-refractivity contribution in [2.75, 3.05) is 0 Å². The van der Waals surface area contributed by atoms with E-state index in [0.29, 0.717) is 0 Å². The topological polar surface area (TPSA) is 37.3 Å². The van der Waals surface area contributed by atoms with Crippen LogP contribution in [-0.4, -0.2) is 11.1 Å². The van der Waals surface area contributed by atoms with Gasteiger partial charge in [-0.05, 0) is 12.8 Å². The molecule has 0 aliphatic rings. The van der Waals surface area contributed by atoms with E-state index < -0.39 is 5.97 Å². The Hall–Kier alpha value is 0.712. The molecule has 0 aromatic carbocycles.